The molecule has 0 heterocycles. The van der Waals surface area contributed by atoms with Crippen LogP contribution < -0.4 is 15.4 Å². The summed E-state index contributed by atoms with van der Waals surface area (Å²) < 4.78 is 10.1. The van der Waals surface area contributed by atoms with Gasteiger partial charge in [-0.3, -0.25) is 9.59 Å². The molecule has 2 N–H and O–H groups in total. The molecule has 0 fully saturated rings. The monoisotopic (exact) mass is 294 g/mol. The van der Waals surface area contributed by atoms with Gasteiger partial charge in [0, 0.05) is 13.8 Å². The van der Waals surface area contributed by atoms with Gasteiger partial charge < -0.3 is 20.1 Å². The van der Waals surface area contributed by atoms with Crippen LogP contribution in [0.4, 0.5) is 5.69 Å². The minimum atomic E-state index is -0.919. The standard InChI is InChI=1S/C14H18N2O5/c1-9(17)15-11-6-4-5-7-13(11)21-8-12(14(19)20-3)16-10(2)18/h4-7,12H,8H2,1-3H3,(H,15,17)(H,16,18). The van der Waals surface area contributed by atoms with E-state index in [1.54, 1.807) is 24.3 Å². The molecule has 0 radical (unpaired) electrons. The fraction of sp³-hybridized carbons (Fsp3) is 0.357. The van der Waals surface area contributed by atoms with Crippen LogP contribution in [0, 0.1) is 0 Å². The van der Waals surface area contributed by atoms with Gasteiger partial charge in [0.05, 0.1) is 12.8 Å². The average Bonchev–Trinajstić information content (AvgIpc) is 2.43. The number of carbonyl (C=O) groups is 3. The number of para-hydroxylation sites is 2. The molecular formula is C14H18N2O5. The van der Waals surface area contributed by atoms with Crippen LogP contribution in [-0.2, 0) is 19.1 Å². The minimum absolute atomic E-state index is 0.108. The Hall–Kier alpha value is -2.57. The molecule has 1 unspecified atom stereocenters. The highest BCUT2D eigenvalue weighted by Crippen LogP contribution is 2.23. The Labute approximate surface area is 122 Å². The molecule has 1 rings (SSSR count). The van der Waals surface area contributed by atoms with Gasteiger partial charge >= 0.3 is 5.97 Å². The number of anilines is 1. The number of carbonyl (C=O) groups excluding carboxylic acids is 3. The molecular weight excluding hydrogens is 276 g/mol. The second-order valence-corrected chi connectivity index (χ2v) is 4.26. The van der Waals surface area contributed by atoms with E-state index >= 15 is 0 Å². The number of hydrogen-bond donors (Lipinski definition) is 2. The fourth-order valence-electron chi connectivity index (χ4n) is 1.61. The molecule has 1 aromatic rings. The molecule has 0 saturated heterocycles. The Morgan fingerprint density at radius 1 is 1.14 bits per heavy atom. The van der Waals surface area contributed by atoms with Gasteiger partial charge in [-0.2, -0.15) is 0 Å². The van der Waals surface area contributed by atoms with E-state index in [-0.39, 0.29) is 18.4 Å². The highest BCUT2D eigenvalue weighted by Gasteiger charge is 2.21. The van der Waals surface area contributed by atoms with Gasteiger partial charge in [0.25, 0.3) is 0 Å². The van der Waals surface area contributed by atoms with E-state index in [9.17, 15) is 14.4 Å². The molecule has 2 amide bonds. The van der Waals surface area contributed by atoms with Crippen LogP contribution in [0.5, 0.6) is 5.75 Å². The molecule has 0 spiro atoms. The topological polar surface area (TPSA) is 93.7 Å². The number of esters is 1. The summed E-state index contributed by atoms with van der Waals surface area (Å²) in [5.41, 5.74) is 0.483. The zero-order valence-corrected chi connectivity index (χ0v) is 12.1. The van der Waals surface area contributed by atoms with E-state index in [0.717, 1.165) is 0 Å². The highest BCUT2D eigenvalue weighted by molar-refractivity contribution is 5.90. The van der Waals surface area contributed by atoms with Crippen LogP contribution >= 0.6 is 0 Å². The van der Waals surface area contributed by atoms with Crippen molar-refractivity contribution in [2.75, 3.05) is 19.0 Å². The SMILES string of the molecule is COC(=O)C(COc1ccccc1NC(C)=O)NC(C)=O. The van der Waals surface area contributed by atoms with Gasteiger partial charge in [-0.15, -0.1) is 0 Å². The first-order valence-electron chi connectivity index (χ1n) is 6.28. The zero-order valence-electron chi connectivity index (χ0n) is 12.1. The van der Waals surface area contributed by atoms with Gasteiger partial charge in [-0.25, -0.2) is 4.79 Å². The highest BCUT2D eigenvalue weighted by atomic mass is 16.5. The van der Waals surface area contributed by atoms with Crippen LogP contribution in [0.25, 0.3) is 0 Å². The molecule has 0 aromatic heterocycles. The van der Waals surface area contributed by atoms with Crippen molar-refractivity contribution in [1.82, 2.24) is 5.32 Å². The number of benzene rings is 1. The minimum Gasteiger partial charge on any atom is -0.489 e. The summed E-state index contributed by atoms with van der Waals surface area (Å²) in [5.74, 6) is -0.823. The van der Waals surface area contributed by atoms with Crippen molar-refractivity contribution < 1.29 is 23.9 Å². The maximum atomic E-state index is 11.5. The summed E-state index contributed by atoms with van der Waals surface area (Å²) in [5, 5.41) is 5.05. The number of nitrogens with one attached hydrogen (secondary N) is 2. The molecule has 21 heavy (non-hydrogen) atoms. The lowest BCUT2D eigenvalue weighted by Gasteiger charge is -2.17. The lowest BCUT2D eigenvalue weighted by molar-refractivity contribution is -0.145. The number of hydrogen-bond acceptors (Lipinski definition) is 5. The molecule has 1 atom stereocenters. The number of amides is 2. The van der Waals surface area contributed by atoms with Crippen LogP contribution in [0.3, 0.4) is 0 Å². The smallest absolute Gasteiger partial charge is 0.331 e. The van der Waals surface area contributed by atoms with Crippen LogP contribution in [-0.4, -0.2) is 37.5 Å². The van der Waals surface area contributed by atoms with E-state index in [1.807, 2.05) is 0 Å². The van der Waals surface area contributed by atoms with Gasteiger partial charge in [-0.05, 0) is 12.1 Å². The van der Waals surface area contributed by atoms with Crippen molar-refractivity contribution >= 4 is 23.5 Å². The number of ether oxygens (including phenoxy) is 2. The van der Waals surface area contributed by atoms with Gasteiger partial charge in [0.2, 0.25) is 11.8 Å². The van der Waals surface area contributed by atoms with E-state index in [2.05, 4.69) is 15.4 Å². The molecule has 0 aliphatic heterocycles. The largest absolute Gasteiger partial charge is 0.489 e. The molecule has 0 aliphatic rings. The van der Waals surface area contributed by atoms with Crippen molar-refractivity contribution in [1.29, 1.82) is 0 Å². The Bertz CT molecular complexity index is 530. The third kappa shape index (κ3) is 5.52. The summed E-state index contributed by atoms with van der Waals surface area (Å²) in [6.07, 6.45) is 0. The first kappa shape index (κ1) is 16.5. The summed E-state index contributed by atoms with van der Waals surface area (Å²) in [4.78, 5) is 33.7. The quantitative estimate of drug-likeness (QED) is 0.753. The Balaban J connectivity index is 2.77. The lowest BCUT2D eigenvalue weighted by Crippen LogP contribution is -2.44. The van der Waals surface area contributed by atoms with Crippen molar-refractivity contribution in [2.24, 2.45) is 0 Å². The molecule has 1 aromatic carbocycles. The molecule has 7 nitrogen and oxygen atoms in total. The second-order valence-electron chi connectivity index (χ2n) is 4.26. The summed E-state index contributed by atoms with van der Waals surface area (Å²) in [6, 6.07) is 5.86. The maximum Gasteiger partial charge on any atom is 0.331 e. The fourth-order valence-corrected chi connectivity index (χ4v) is 1.61. The van der Waals surface area contributed by atoms with E-state index in [1.165, 1.54) is 21.0 Å². The van der Waals surface area contributed by atoms with Crippen molar-refractivity contribution in [2.45, 2.75) is 19.9 Å². The number of rotatable bonds is 6. The molecule has 114 valence electrons. The van der Waals surface area contributed by atoms with E-state index in [0.29, 0.717) is 11.4 Å². The van der Waals surface area contributed by atoms with E-state index in [4.69, 9.17) is 4.74 Å². The van der Waals surface area contributed by atoms with Crippen LogP contribution in [0.15, 0.2) is 24.3 Å². The van der Waals surface area contributed by atoms with Crippen molar-refractivity contribution in [3.05, 3.63) is 24.3 Å². The summed E-state index contributed by atoms with van der Waals surface area (Å²) in [6.45, 7) is 2.56. The molecule has 0 aliphatic carbocycles. The predicted molar refractivity (Wildman–Crippen MR) is 75.9 cm³/mol. The summed E-state index contributed by atoms with van der Waals surface area (Å²) in [7, 11) is 1.22. The molecule has 7 heteroatoms. The third-order valence-corrected chi connectivity index (χ3v) is 2.47. The maximum absolute atomic E-state index is 11.5. The Morgan fingerprint density at radius 3 is 2.38 bits per heavy atom. The predicted octanol–water partition coefficient (Wildman–Crippen LogP) is 0.701. The third-order valence-electron chi connectivity index (χ3n) is 2.47. The van der Waals surface area contributed by atoms with Crippen molar-refractivity contribution in [3.8, 4) is 5.75 Å². The van der Waals surface area contributed by atoms with Crippen LogP contribution in [0.1, 0.15) is 13.8 Å². The number of methoxy groups -OCH3 is 1. The van der Waals surface area contributed by atoms with Gasteiger partial charge in [0.15, 0.2) is 6.04 Å². The normalized spacial score (nSPS) is 11.2. The average molecular weight is 294 g/mol. The molecule has 0 saturated carbocycles. The Morgan fingerprint density at radius 2 is 1.81 bits per heavy atom. The van der Waals surface area contributed by atoms with Gasteiger partial charge in [-0.1, -0.05) is 12.1 Å². The van der Waals surface area contributed by atoms with Crippen LogP contribution in [0.2, 0.25) is 0 Å². The molecule has 0 bridgehead atoms. The van der Waals surface area contributed by atoms with Gasteiger partial charge in [0.1, 0.15) is 12.4 Å². The van der Waals surface area contributed by atoms with Crippen molar-refractivity contribution in [3.63, 3.8) is 0 Å². The first-order chi connectivity index (χ1) is 9.93. The second kappa shape index (κ2) is 7.88. The summed E-state index contributed by atoms with van der Waals surface area (Å²) >= 11 is 0. The van der Waals surface area contributed by atoms with E-state index < -0.39 is 12.0 Å². The first-order valence-corrected chi connectivity index (χ1v) is 6.28. The zero-order chi connectivity index (χ0) is 15.8. The lowest BCUT2D eigenvalue weighted by atomic mass is 10.2. The Kier molecular flexibility index (Phi) is 6.19.